The van der Waals surface area contributed by atoms with Gasteiger partial charge in [0.25, 0.3) is 0 Å². The summed E-state index contributed by atoms with van der Waals surface area (Å²) in [5, 5.41) is 9.87. The average Bonchev–Trinajstić information content (AvgIpc) is 1.84. The van der Waals surface area contributed by atoms with E-state index in [9.17, 15) is 9.66 Å². The lowest BCUT2D eigenvalue weighted by Crippen LogP contribution is -2.22. The minimum Gasteiger partial charge on any atom is -0.616 e. The monoisotopic (exact) mass is 135 g/mol. The van der Waals surface area contributed by atoms with Crippen LogP contribution in [0.1, 0.15) is 13.8 Å². The minimum absolute atomic E-state index is 0.167. The maximum Gasteiger partial charge on any atom is 0.139 e. The summed E-state index contributed by atoms with van der Waals surface area (Å²) in [5.41, 5.74) is 0. The first kappa shape index (κ1) is 8.27. The molecule has 0 rings (SSSR count). The van der Waals surface area contributed by atoms with Gasteiger partial charge in [-0.1, -0.05) is 0 Å². The van der Waals surface area contributed by atoms with Crippen LogP contribution in [0, 0.1) is 0 Å². The molecule has 49 valence electrons. The van der Waals surface area contributed by atoms with Crippen LogP contribution in [0.4, 0.5) is 0 Å². The number of hydrogen-bond acceptors (Lipinski definition) is 1. The molecule has 0 spiro atoms. The minimum atomic E-state index is -0.884. The SMILES string of the molecule is CC[S+]([O-])C(C)C[O]. The molecular weight excluding hydrogens is 124 g/mol. The van der Waals surface area contributed by atoms with E-state index in [1.54, 1.807) is 6.92 Å². The van der Waals surface area contributed by atoms with Crippen LogP contribution in [0.5, 0.6) is 0 Å². The van der Waals surface area contributed by atoms with Crippen molar-refractivity contribution in [2.24, 2.45) is 0 Å². The van der Waals surface area contributed by atoms with Gasteiger partial charge in [-0.2, -0.15) is 0 Å². The van der Waals surface area contributed by atoms with E-state index in [4.69, 9.17) is 0 Å². The second kappa shape index (κ2) is 4.18. The molecule has 0 aromatic carbocycles. The van der Waals surface area contributed by atoms with Crippen LogP contribution >= 0.6 is 0 Å². The summed E-state index contributed by atoms with van der Waals surface area (Å²) in [5.74, 6) is 0.601. The zero-order chi connectivity index (χ0) is 6.57. The highest BCUT2D eigenvalue weighted by atomic mass is 32.2. The summed E-state index contributed by atoms with van der Waals surface area (Å²) in [6.07, 6.45) is 0. The molecule has 3 heteroatoms. The third-order valence-electron chi connectivity index (χ3n) is 0.968. The summed E-state index contributed by atoms with van der Waals surface area (Å²) in [7, 11) is 0. The van der Waals surface area contributed by atoms with Crippen molar-refractivity contribution in [1.29, 1.82) is 0 Å². The number of hydrogen-bond donors (Lipinski definition) is 0. The summed E-state index contributed by atoms with van der Waals surface area (Å²) >= 11 is -0.884. The van der Waals surface area contributed by atoms with Crippen LogP contribution < -0.4 is 0 Å². The molecule has 0 saturated carbocycles. The van der Waals surface area contributed by atoms with Crippen molar-refractivity contribution >= 4 is 11.2 Å². The molecule has 0 fully saturated rings. The highest BCUT2D eigenvalue weighted by Crippen LogP contribution is 1.99. The lowest BCUT2D eigenvalue weighted by atomic mass is 10.5. The average molecular weight is 135 g/mol. The van der Waals surface area contributed by atoms with Gasteiger partial charge in [0.2, 0.25) is 0 Å². The topological polar surface area (TPSA) is 43.0 Å². The van der Waals surface area contributed by atoms with Crippen molar-refractivity contribution < 1.29 is 9.66 Å². The molecule has 0 aliphatic carbocycles. The maximum absolute atomic E-state index is 10.7. The Morgan fingerprint density at radius 2 is 2.25 bits per heavy atom. The molecule has 0 aromatic heterocycles. The first-order valence-corrected chi connectivity index (χ1v) is 4.05. The van der Waals surface area contributed by atoms with Gasteiger partial charge in [0.1, 0.15) is 17.6 Å². The Labute approximate surface area is 53.1 Å². The summed E-state index contributed by atoms with van der Waals surface area (Å²) < 4.78 is 10.7. The van der Waals surface area contributed by atoms with Crippen LogP contribution in [0.15, 0.2) is 0 Å². The molecule has 0 aliphatic rings. The second-order valence-corrected chi connectivity index (χ2v) is 3.79. The Morgan fingerprint density at radius 3 is 2.38 bits per heavy atom. The fourth-order valence-corrected chi connectivity index (χ4v) is 1.08. The Bertz CT molecular complexity index is 50.4. The summed E-state index contributed by atoms with van der Waals surface area (Å²) in [6, 6.07) is 0. The molecule has 0 aromatic rings. The van der Waals surface area contributed by atoms with Gasteiger partial charge in [0.15, 0.2) is 0 Å². The Kier molecular flexibility index (Phi) is 4.32. The molecule has 0 N–H and O–H groups in total. The van der Waals surface area contributed by atoms with Crippen LogP contribution in [-0.2, 0) is 16.3 Å². The van der Waals surface area contributed by atoms with Crippen molar-refractivity contribution in [3.8, 4) is 0 Å². The Hall–Kier alpha value is 0.270. The quantitative estimate of drug-likeness (QED) is 0.522. The van der Waals surface area contributed by atoms with E-state index in [1.165, 1.54) is 0 Å². The first-order valence-electron chi connectivity index (χ1n) is 2.67. The van der Waals surface area contributed by atoms with E-state index in [0.717, 1.165) is 0 Å². The Balaban J connectivity index is 3.29. The lowest BCUT2D eigenvalue weighted by molar-refractivity contribution is 0.195. The lowest BCUT2D eigenvalue weighted by Gasteiger charge is -2.12. The molecule has 0 amide bonds. The predicted molar refractivity (Wildman–Crippen MR) is 33.7 cm³/mol. The smallest absolute Gasteiger partial charge is 0.139 e. The van der Waals surface area contributed by atoms with E-state index < -0.39 is 11.2 Å². The fourth-order valence-electron chi connectivity index (χ4n) is 0.360. The van der Waals surface area contributed by atoms with Crippen LogP contribution in [-0.4, -0.2) is 22.2 Å². The normalized spacial score (nSPS) is 18.0. The first-order chi connectivity index (χ1) is 3.72. The standard InChI is InChI=1S/C5H11O2S/c1-3-8(7)5(2)4-6/h5H,3-4H2,1-2H3. The van der Waals surface area contributed by atoms with Crippen LogP contribution in [0.25, 0.3) is 0 Å². The maximum atomic E-state index is 10.7. The molecule has 2 nitrogen and oxygen atoms in total. The van der Waals surface area contributed by atoms with Crippen molar-refractivity contribution in [3.05, 3.63) is 0 Å². The van der Waals surface area contributed by atoms with Crippen LogP contribution in [0.2, 0.25) is 0 Å². The van der Waals surface area contributed by atoms with Gasteiger partial charge in [0.05, 0.1) is 0 Å². The van der Waals surface area contributed by atoms with Gasteiger partial charge in [0, 0.05) is 0 Å². The fraction of sp³-hybridized carbons (Fsp3) is 1.00. The molecule has 8 heavy (non-hydrogen) atoms. The van der Waals surface area contributed by atoms with E-state index in [-0.39, 0.29) is 11.9 Å². The molecular formula is C5H11O2S. The van der Waals surface area contributed by atoms with Crippen molar-refractivity contribution in [1.82, 2.24) is 0 Å². The van der Waals surface area contributed by atoms with Gasteiger partial charge in [-0.25, -0.2) is 5.11 Å². The zero-order valence-electron chi connectivity index (χ0n) is 5.22. The number of rotatable bonds is 3. The summed E-state index contributed by atoms with van der Waals surface area (Å²) in [4.78, 5) is 0. The van der Waals surface area contributed by atoms with Crippen molar-refractivity contribution in [2.45, 2.75) is 19.1 Å². The van der Waals surface area contributed by atoms with Gasteiger partial charge >= 0.3 is 0 Å². The third-order valence-corrected chi connectivity index (χ3v) is 2.57. The Morgan fingerprint density at radius 1 is 1.75 bits per heavy atom. The largest absolute Gasteiger partial charge is 0.616 e. The third kappa shape index (κ3) is 2.55. The van der Waals surface area contributed by atoms with Crippen molar-refractivity contribution in [2.75, 3.05) is 12.4 Å². The molecule has 0 aliphatic heterocycles. The molecule has 2 atom stereocenters. The zero-order valence-corrected chi connectivity index (χ0v) is 6.03. The highest BCUT2D eigenvalue weighted by Gasteiger charge is 2.12. The molecule has 0 saturated heterocycles. The van der Waals surface area contributed by atoms with E-state index >= 15 is 0 Å². The molecule has 0 heterocycles. The van der Waals surface area contributed by atoms with E-state index in [2.05, 4.69) is 0 Å². The highest BCUT2D eigenvalue weighted by molar-refractivity contribution is 7.91. The molecule has 1 radical (unpaired) electrons. The predicted octanol–water partition coefficient (Wildman–Crippen LogP) is 0.574. The molecule has 0 bridgehead atoms. The van der Waals surface area contributed by atoms with Crippen molar-refractivity contribution in [3.63, 3.8) is 0 Å². The van der Waals surface area contributed by atoms with Gasteiger partial charge < -0.3 is 4.55 Å². The van der Waals surface area contributed by atoms with Gasteiger partial charge in [-0.15, -0.1) is 0 Å². The molecule has 2 unspecified atom stereocenters. The van der Waals surface area contributed by atoms with E-state index in [0.29, 0.717) is 5.75 Å². The van der Waals surface area contributed by atoms with Gasteiger partial charge in [-0.3, -0.25) is 0 Å². The summed E-state index contributed by atoms with van der Waals surface area (Å²) in [6.45, 7) is 3.31. The van der Waals surface area contributed by atoms with Gasteiger partial charge in [-0.05, 0) is 25.0 Å². The second-order valence-electron chi connectivity index (χ2n) is 1.65. The van der Waals surface area contributed by atoms with Crippen LogP contribution in [0.3, 0.4) is 0 Å². The van der Waals surface area contributed by atoms with E-state index in [1.807, 2.05) is 6.92 Å².